The Morgan fingerprint density at radius 1 is 1.16 bits per heavy atom. The fraction of sp³-hybridized carbons (Fsp3) is 0.261. The van der Waals surface area contributed by atoms with Crippen molar-refractivity contribution in [3.8, 4) is 23.3 Å². The highest BCUT2D eigenvalue weighted by atomic mass is 79.9. The van der Waals surface area contributed by atoms with Crippen LogP contribution in [0.3, 0.4) is 0 Å². The van der Waals surface area contributed by atoms with Crippen molar-refractivity contribution in [3.05, 3.63) is 58.1 Å². The molecule has 0 saturated carbocycles. The molecule has 0 atom stereocenters. The van der Waals surface area contributed by atoms with Gasteiger partial charge in [0.15, 0.2) is 18.1 Å². The number of benzene rings is 2. The predicted molar refractivity (Wildman–Crippen MR) is 119 cm³/mol. The lowest BCUT2D eigenvalue weighted by atomic mass is 10.1. The lowest BCUT2D eigenvalue weighted by Gasteiger charge is -2.26. The number of hydrogen-bond acceptors (Lipinski definition) is 7. The molecule has 0 aliphatic carbocycles. The summed E-state index contributed by atoms with van der Waals surface area (Å²) < 4.78 is 22.2. The van der Waals surface area contributed by atoms with Crippen molar-refractivity contribution in [2.24, 2.45) is 0 Å². The van der Waals surface area contributed by atoms with E-state index in [4.69, 9.17) is 18.9 Å². The van der Waals surface area contributed by atoms with E-state index in [0.29, 0.717) is 37.6 Å². The molecule has 0 aromatic heterocycles. The van der Waals surface area contributed by atoms with Gasteiger partial charge in [0.2, 0.25) is 0 Å². The number of amides is 1. The molecule has 32 heavy (non-hydrogen) atoms. The summed E-state index contributed by atoms with van der Waals surface area (Å²) in [6.07, 6.45) is 1.47. The molecule has 1 aliphatic rings. The lowest BCUT2D eigenvalue weighted by Crippen LogP contribution is -2.41. The van der Waals surface area contributed by atoms with Crippen LogP contribution in [-0.4, -0.2) is 56.8 Å². The molecule has 1 fully saturated rings. The third-order valence-electron chi connectivity index (χ3n) is 4.54. The van der Waals surface area contributed by atoms with E-state index in [9.17, 15) is 14.9 Å². The summed E-state index contributed by atoms with van der Waals surface area (Å²) >= 11 is 3.33. The Morgan fingerprint density at radius 3 is 2.53 bits per heavy atom. The van der Waals surface area contributed by atoms with Crippen LogP contribution in [0, 0.1) is 11.3 Å². The van der Waals surface area contributed by atoms with Gasteiger partial charge in [0.05, 0.1) is 20.3 Å². The van der Waals surface area contributed by atoms with Gasteiger partial charge in [0.25, 0.3) is 5.91 Å². The van der Waals surface area contributed by atoms with Crippen LogP contribution in [0.15, 0.2) is 52.5 Å². The average molecular weight is 501 g/mol. The second kappa shape index (κ2) is 11.3. The van der Waals surface area contributed by atoms with Gasteiger partial charge in [-0.3, -0.25) is 4.79 Å². The topological polar surface area (TPSA) is 98.1 Å². The lowest BCUT2D eigenvalue weighted by molar-refractivity contribution is -0.136. The Kier molecular flexibility index (Phi) is 8.25. The third-order valence-corrected chi connectivity index (χ3v) is 5.07. The number of halogens is 1. The van der Waals surface area contributed by atoms with Gasteiger partial charge in [-0.1, -0.05) is 22.0 Å². The van der Waals surface area contributed by atoms with Crippen molar-refractivity contribution in [3.63, 3.8) is 0 Å². The molecule has 1 amide bonds. The number of ether oxygens (including phenoxy) is 4. The quantitative estimate of drug-likeness (QED) is 0.249. The van der Waals surface area contributed by atoms with E-state index < -0.39 is 5.97 Å². The Bertz CT molecular complexity index is 1040. The van der Waals surface area contributed by atoms with E-state index in [2.05, 4.69) is 15.9 Å². The van der Waals surface area contributed by atoms with Crippen LogP contribution in [0.4, 0.5) is 0 Å². The first-order valence-corrected chi connectivity index (χ1v) is 10.6. The molecule has 9 heteroatoms. The van der Waals surface area contributed by atoms with Gasteiger partial charge in [0.1, 0.15) is 17.4 Å². The SMILES string of the molecule is COc1cc(/C=C(\C#N)C(=O)N2CCOCC2)ccc1OC(=O)COc1ccc(Br)cc1. The number of nitriles is 1. The zero-order chi connectivity index (χ0) is 22.9. The van der Waals surface area contributed by atoms with Crippen molar-refractivity contribution >= 4 is 33.9 Å². The number of nitrogens with zero attached hydrogens (tertiary/aromatic N) is 2. The first kappa shape index (κ1) is 23.3. The molecule has 1 heterocycles. The Balaban J connectivity index is 1.67. The monoisotopic (exact) mass is 500 g/mol. The molecule has 0 radical (unpaired) electrons. The maximum absolute atomic E-state index is 12.6. The molecular weight excluding hydrogens is 480 g/mol. The maximum atomic E-state index is 12.6. The molecule has 1 aliphatic heterocycles. The van der Waals surface area contributed by atoms with Crippen LogP contribution >= 0.6 is 15.9 Å². The number of rotatable bonds is 7. The molecule has 3 rings (SSSR count). The van der Waals surface area contributed by atoms with Crippen LogP contribution in [0.2, 0.25) is 0 Å². The largest absolute Gasteiger partial charge is 0.493 e. The van der Waals surface area contributed by atoms with Gasteiger partial charge in [-0.05, 0) is 48.0 Å². The second-order valence-corrected chi connectivity index (χ2v) is 7.62. The van der Waals surface area contributed by atoms with E-state index >= 15 is 0 Å². The predicted octanol–water partition coefficient (Wildman–Crippen LogP) is 3.21. The summed E-state index contributed by atoms with van der Waals surface area (Å²) in [5, 5.41) is 9.44. The zero-order valence-corrected chi connectivity index (χ0v) is 19.0. The van der Waals surface area contributed by atoms with Crippen LogP contribution < -0.4 is 14.2 Å². The number of esters is 1. The molecule has 166 valence electrons. The number of methoxy groups -OCH3 is 1. The van der Waals surface area contributed by atoms with Gasteiger partial charge in [-0.2, -0.15) is 5.26 Å². The summed E-state index contributed by atoms with van der Waals surface area (Å²) in [5.41, 5.74) is 0.563. The molecule has 2 aromatic carbocycles. The van der Waals surface area contributed by atoms with E-state index in [0.717, 1.165) is 4.47 Å². The van der Waals surface area contributed by atoms with Crippen molar-refractivity contribution < 1.29 is 28.5 Å². The maximum Gasteiger partial charge on any atom is 0.349 e. The molecule has 2 aromatic rings. The molecule has 8 nitrogen and oxygen atoms in total. The normalized spacial score (nSPS) is 13.8. The number of carbonyl (C=O) groups excluding carboxylic acids is 2. The highest BCUT2D eigenvalue weighted by molar-refractivity contribution is 9.10. The smallest absolute Gasteiger partial charge is 0.349 e. The van der Waals surface area contributed by atoms with Crippen molar-refractivity contribution in [2.75, 3.05) is 40.0 Å². The first-order valence-electron chi connectivity index (χ1n) is 9.76. The van der Waals surface area contributed by atoms with Crippen LogP contribution in [0.25, 0.3) is 6.08 Å². The zero-order valence-electron chi connectivity index (χ0n) is 17.4. The van der Waals surface area contributed by atoms with E-state index in [1.54, 1.807) is 41.3 Å². The van der Waals surface area contributed by atoms with Crippen molar-refractivity contribution in [1.29, 1.82) is 5.26 Å². The molecule has 0 unspecified atom stereocenters. The van der Waals surface area contributed by atoms with E-state index in [-0.39, 0.29) is 29.6 Å². The van der Waals surface area contributed by atoms with Gasteiger partial charge in [-0.15, -0.1) is 0 Å². The van der Waals surface area contributed by atoms with Crippen molar-refractivity contribution in [1.82, 2.24) is 4.90 Å². The molecule has 0 bridgehead atoms. The minimum Gasteiger partial charge on any atom is -0.493 e. The van der Waals surface area contributed by atoms with Crippen LogP contribution in [-0.2, 0) is 14.3 Å². The Morgan fingerprint density at radius 2 is 1.88 bits per heavy atom. The van der Waals surface area contributed by atoms with Crippen LogP contribution in [0.1, 0.15) is 5.56 Å². The highest BCUT2D eigenvalue weighted by Crippen LogP contribution is 2.29. The Labute approximate surface area is 194 Å². The number of carbonyl (C=O) groups is 2. The minimum atomic E-state index is -0.602. The van der Waals surface area contributed by atoms with E-state index in [1.807, 2.05) is 6.07 Å². The summed E-state index contributed by atoms with van der Waals surface area (Å²) in [4.78, 5) is 26.3. The molecule has 1 saturated heterocycles. The fourth-order valence-electron chi connectivity index (χ4n) is 2.93. The molecule has 0 N–H and O–H groups in total. The molecular formula is C23H21BrN2O6. The standard InChI is InChI=1S/C23H21BrN2O6/c1-29-21-13-16(12-17(14-25)23(28)26-8-10-30-11-9-26)2-7-20(21)32-22(27)15-31-19-5-3-18(24)4-6-19/h2-7,12-13H,8-11,15H2,1H3/b17-12+. The van der Waals surface area contributed by atoms with Gasteiger partial charge < -0.3 is 23.8 Å². The number of hydrogen-bond donors (Lipinski definition) is 0. The molecule has 0 spiro atoms. The number of morpholine rings is 1. The fourth-order valence-corrected chi connectivity index (χ4v) is 3.19. The van der Waals surface area contributed by atoms with Gasteiger partial charge >= 0.3 is 5.97 Å². The minimum absolute atomic E-state index is 0.00148. The average Bonchev–Trinajstić information content (AvgIpc) is 2.83. The highest BCUT2D eigenvalue weighted by Gasteiger charge is 2.21. The summed E-state index contributed by atoms with van der Waals surface area (Å²) in [5.74, 6) is 0.0653. The summed E-state index contributed by atoms with van der Waals surface area (Å²) in [6.45, 7) is 1.50. The summed E-state index contributed by atoms with van der Waals surface area (Å²) in [6, 6.07) is 13.8. The van der Waals surface area contributed by atoms with E-state index in [1.165, 1.54) is 19.3 Å². The summed E-state index contributed by atoms with van der Waals surface area (Å²) in [7, 11) is 1.43. The van der Waals surface area contributed by atoms with Gasteiger partial charge in [0, 0.05) is 17.6 Å². The van der Waals surface area contributed by atoms with Gasteiger partial charge in [-0.25, -0.2) is 4.79 Å². The van der Waals surface area contributed by atoms with Crippen LogP contribution in [0.5, 0.6) is 17.2 Å². The van der Waals surface area contributed by atoms with Crippen molar-refractivity contribution in [2.45, 2.75) is 0 Å². The third kappa shape index (κ3) is 6.33. The first-order chi connectivity index (χ1) is 15.5. The second-order valence-electron chi connectivity index (χ2n) is 6.70. The Hall–Kier alpha value is -3.35.